The van der Waals surface area contributed by atoms with Gasteiger partial charge in [0, 0.05) is 35.5 Å². The van der Waals surface area contributed by atoms with Gasteiger partial charge in [-0.1, -0.05) is 25.4 Å². The maximum Gasteiger partial charge on any atom is 0.277 e. The summed E-state index contributed by atoms with van der Waals surface area (Å²) in [5.74, 6) is 1.28. The predicted molar refractivity (Wildman–Crippen MR) is 135 cm³/mol. The highest BCUT2D eigenvalue weighted by Gasteiger charge is 2.18. The van der Waals surface area contributed by atoms with Crippen molar-refractivity contribution >= 4 is 22.9 Å². The fraction of sp³-hybridized carbons (Fsp3) is 0.320. The summed E-state index contributed by atoms with van der Waals surface area (Å²) < 4.78 is 7.42. The highest BCUT2D eigenvalue weighted by Crippen LogP contribution is 2.28. The van der Waals surface area contributed by atoms with Crippen LogP contribution in [0.25, 0.3) is 17.1 Å². The number of halogens is 1. The summed E-state index contributed by atoms with van der Waals surface area (Å²) in [5.41, 5.74) is 5.01. The molecule has 0 fully saturated rings. The molecule has 0 spiro atoms. The molecule has 4 rings (SSSR count). The minimum Gasteiger partial charge on any atom is -0.485 e. The molecule has 0 atom stereocenters. The largest absolute Gasteiger partial charge is 0.485 e. The molecular weight excluding hydrogens is 470 g/mol. The SMILES string of the molecule is Cc1nc(COc2cc(C)n(-c3cc(-c4nc(C(C)C)ncc4C)ncc3C)c(=O)c2Cl)cs1. The highest BCUT2D eigenvalue weighted by atomic mass is 35.5. The molecule has 4 heterocycles. The number of ether oxygens (including phenoxy) is 1. The number of rotatable bonds is 6. The molecule has 4 aromatic heterocycles. The van der Waals surface area contributed by atoms with Gasteiger partial charge in [-0.3, -0.25) is 14.3 Å². The molecule has 0 unspecified atom stereocenters. The first kappa shape index (κ1) is 24.0. The van der Waals surface area contributed by atoms with Crippen molar-refractivity contribution in [3.63, 3.8) is 0 Å². The van der Waals surface area contributed by atoms with Crippen LogP contribution in [0.15, 0.2) is 34.7 Å². The third kappa shape index (κ3) is 4.74. The Balaban J connectivity index is 1.76. The first-order valence-electron chi connectivity index (χ1n) is 10.9. The number of aromatic nitrogens is 5. The number of hydrogen-bond acceptors (Lipinski definition) is 7. The molecule has 0 amide bonds. The van der Waals surface area contributed by atoms with E-state index in [0.29, 0.717) is 22.8 Å². The first-order valence-corrected chi connectivity index (χ1v) is 12.2. The second-order valence-corrected chi connectivity index (χ2v) is 9.96. The van der Waals surface area contributed by atoms with E-state index in [9.17, 15) is 4.79 Å². The Hall–Kier alpha value is -3.10. The lowest BCUT2D eigenvalue weighted by molar-refractivity contribution is 0.301. The van der Waals surface area contributed by atoms with Gasteiger partial charge < -0.3 is 4.74 Å². The lowest BCUT2D eigenvalue weighted by Crippen LogP contribution is -2.23. The summed E-state index contributed by atoms with van der Waals surface area (Å²) in [7, 11) is 0. The molecule has 0 radical (unpaired) electrons. The van der Waals surface area contributed by atoms with Crippen molar-refractivity contribution in [1.29, 1.82) is 0 Å². The van der Waals surface area contributed by atoms with Crippen LogP contribution < -0.4 is 10.3 Å². The van der Waals surface area contributed by atoms with Gasteiger partial charge in [0.05, 0.1) is 27.8 Å². The van der Waals surface area contributed by atoms with Crippen LogP contribution in [-0.2, 0) is 6.61 Å². The number of pyridine rings is 2. The Kier molecular flexibility index (Phi) is 6.81. The van der Waals surface area contributed by atoms with Crippen molar-refractivity contribution in [2.45, 2.75) is 54.1 Å². The van der Waals surface area contributed by atoms with Gasteiger partial charge in [-0.15, -0.1) is 11.3 Å². The maximum absolute atomic E-state index is 13.3. The standard InChI is InChI=1S/C25H26ClN5O2S/c1-13(2)24-28-10-15(4)23(30-24)19-8-20(14(3)9-27-19)31-16(5)7-21(22(26)25(31)32)33-11-18-12-34-17(6)29-18/h7-10,12-13H,11H2,1-6H3. The Labute approximate surface area is 207 Å². The number of aryl methyl sites for hydroxylation is 4. The van der Waals surface area contributed by atoms with Crippen LogP contribution in [0, 0.1) is 27.7 Å². The van der Waals surface area contributed by atoms with Gasteiger partial charge in [-0.05, 0) is 44.9 Å². The molecule has 0 aromatic carbocycles. The Morgan fingerprint density at radius 2 is 1.79 bits per heavy atom. The molecule has 0 N–H and O–H groups in total. The third-order valence-corrected chi connectivity index (χ3v) is 6.58. The van der Waals surface area contributed by atoms with Crippen molar-refractivity contribution in [2.24, 2.45) is 0 Å². The fourth-order valence-corrected chi connectivity index (χ4v) is 4.38. The molecule has 0 saturated carbocycles. The van der Waals surface area contributed by atoms with E-state index in [4.69, 9.17) is 21.3 Å². The molecule has 7 nitrogen and oxygen atoms in total. The molecule has 9 heteroatoms. The molecule has 0 aliphatic heterocycles. The van der Waals surface area contributed by atoms with Crippen LogP contribution in [0.5, 0.6) is 5.75 Å². The van der Waals surface area contributed by atoms with Gasteiger partial charge >= 0.3 is 0 Å². The molecule has 0 bridgehead atoms. The molecule has 0 aliphatic rings. The molecule has 0 saturated heterocycles. The number of thiazole rings is 1. The third-order valence-electron chi connectivity index (χ3n) is 5.41. The Morgan fingerprint density at radius 3 is 2.47 bits per heavy atom. The van der Waals surface area contributed by atoms with Crippen LogP contribution in [0.1, 0.15) is 53.1 Å². The number of nitrogens with zero attached hydrogens (tertiary/aromatic N) is 5. The van der Waals surface area contributed by atoms with E-state index in [2.05, 4.69) is 15.0 Å². The summed E-state index contributed by atoms with van der Waals surface area (Å²) in [4.78, 5) is 31.5. The van der Waals surface area contributed by atoms with Gasteiger partial charge in [0.15, 0.2) is 0 Å². The van der Waals surface area contributed by atoms with E-state index in [1.807, 2.05) is 59.2 Å². The van der Waals surface area contributed by atoms with Crippen molar-refractivity contribution in [3.8, 4) is 22.8 Å². The fourth-order valence-electron chi connectivity index (χ4n) is 3.59. The average molecular weight is 496 g/mol. The average Bonchev–Trinajstić information content (AvgIpc) is 3.22. The zero-order valence-electron chi connectivity index (χ0n) is 20.0. The second kappa shape index (κ2) is 9.64. The molecular formula is C25H26ClN5O2S. The van der Waals surface area contributed by atoms with Crippen molar-refractivity contribution < 1.29 is 4.74 Å². The zero-order valence-corrected chi connectivity index (χ0v) is 21.6. The van der Waals surface area contributed by atoms with E-state index in [1.54, 1.807) is 28.2 Å². The van der Waals surface area contributed by atoms with E-state index in [-0.39, 0.29) is 23.1 Å². The summed E-state index contributed by atoms with van der Waals surface area (Å²) >= 11 is 8.02. The number of hydrogen-bond donors (Lipinski definition) is 0. The minimum absolute atomic E-state index is 0.0237. The highest BCUT2D eigenvalue weighted by molar-refractivity contribution is 7.09. The maximum atomic E-state index is 13.3. The lowest BCUT2D eigenvalue weighted by Gasteiger charge is -2.17. The van der Waals surface area contributed by atoms with Crippen molar-refractivity contribution in [3.05, 3.63) is 78.6 Å². The van der Waals surface area contributed by atoms with E-state index < -0.39 is 0 Å². The topological polar surface area (TPSA) is 82.8 Å². The predicted octanol–water partition coefficient (Wildman–Crippen LogP) is 5.74. The molecule has 176 valence electrons. The summed E-state index contributed by atoms with van der Waals surface area (Å²) in [5, 5.41) is 2.91. The minimum atomic E-state index is -0.353. The molecule has 0 aliphatic carbocycles. The van der Waals surface area contributed by atoms with E-state index in [1.165, 1.54) is 0 Å². The van der Waals surface area contributed by atoms with Crippen LogP contribution in [0.3, 0.4) is 0 Å². The van der Waals surface area contributed by atoms with Crippen LogP contribution in [0.2, 0.25) is 5.02 Å². The quantitative estimate of drug-likeness (QED) is 0.339. The normalized spacial score (nSPS) is 11.3. The second-order valence-electron chi connectivity index (χ2n) is 8.52. The summed E-state index contributed by atoms with van der Waals surface area (Å²) in [6, 6.07) is 3.65. The van der Waals surface area contributed by atoms with Gasteiger partial charge in [0.2, 0.25) is 0 Å². The van der Waals surface area contributed by atoms with Crippen molar-refractivity contribution in [1.82, 2.24) is 24.5 Å². The van der Waals surface area contributed by atoms with Crippen LogP contribution in [0.4, 0.5) is 0 Å². The van der Waals surface area contributed by atoms with Gasteiger partial charge in [0.1, 0.15) is 23.2 Å². The first-order chi connectivity index (χ1) is 16.2. The smallest absolute Gasteiger partial charge is 0.277 e. The van der Waals surface area contributed by atoms with Crippen LogP contribution in [-0.4, -0.2) is 24.5 Å². The van der Waals surface area contributed by atoms with Crippen LogP contribution >= 0.6 is 22.9 Å². The van der Waals surface area contributed by atoms with Gasteiger partial charge in [-0.25, -0.2) is 15.0 Å². The Morgan fingerprint density at radius 1 is 1.06 bits per heavy atom. The van der Waals surface area contributed by atoms with E-state index in [0.717, 1.165) is 33.3 Å². The monoisotopic (exact) mass is 495 g/mol. The van der Waals surface area contributed by atoms with Gasteiger partial charge in [-0.2, -0.15) is 0 Å². The van der Waals surface area contributed by atoms with Gasteiger partial charge in [0.25, 0.3) is 5.56 Å². The Bertz CT molecular complexity index is 1430. The lowest BCUT2D eigenvalue weighted by atomic mass is 10.1. The van der Waals surface area contributed by atoms with E-state index >= 15 is 0 Å². The summed E-state index contributed by atoms with van der Waals surface area (Å²) in [6.07, 6.45) is 3.55. The van der Waals surface area contributed by atoms with Crippen molar-refractivity contribution in [2.75, 3.05) is 0 Å². The molecule has 4 aromatic rings. The summed E-state index contributed by atoms with van der Waals surface area (Å²) in [6.45, 7) is 12.0. The zero-order chi connectivity index (χ0) is 24.6. The molecule has 34 heavy (non-hydrogen) atoms.